The number of hydrogen-bond donors (Lipinski definition) is 5. The number of amides is 1. The van der Waals surface area contributed by atoms with Gasteiger partial charge in [0.1, 0.15) is 11.3 Å². The van der Waals surface area contributed by atoms with Gasteiger partial charge in [0, 0.05) is 0 Å². The van der Waals surface area contributed by atoms with Gasteiger partial charge < -0.3 is 20.0 Å². The third-order valence-electron chi connectivity index (χ3n) is 2.28. The van der Waals surface area contributed by atoms with Crippen molar-refractivity contribution in [2.24, 2.45) is 29.0 Å². The highest BCUT2D eigenvalue weighted by atomic mass is 16.7. The maximum absolute atomic E-state index is 11.7. The predicted octanol–water partition coefficient (Wildman–Crippen LogP) is -1.73. The van der Waals surface area contributed by atoms with Crippen LogP contribution in [0.4, 0.5) is 4.79 Å². The second-order valence-corrected chi connectivity index (χ2v) is 5.23. The Labute approximate surface area is 115 Å². The highest BCUT2D eigenvalue weighted by molar-refractivity contribution is 5.80. The van der Waals surface area contributed by atoms with E-state index in [0.29, 0.717) is 0 Å². The van der Waals surface area contributed by atoms with E-state index in [9.17, 15) is 9.59 Å². The number of rotatable bonds is 2. The third-order valence-corrected chi connectivity index (χ3v) is 2.28. The van der Waals surface area contributed by atoms with Crippen molar-refractivity contribution < 1.29 is 23.9 Å². The molecule has 10 nitrogen and oxygen atoms in total. The number of hydrogen-bond acceptors (Lipinski definition) is 9. The van der Waals surface area contributed by atoms with Gasteiger partial charge in [0.05, 0.1) is 0 Å². The molecule has 1 aliphatic rings. The Balaban J connectivity index is 2.94. The molecule has 0 bridgehead atoms. The lowest BCUT2D eigenvalue weighted by Crippen LogP contribution is -2.59. The quantitative estimate of drug-likeness (QED) is 0.292. The fourth-order valence-electron chi connectivity index (χ4n) is 1.59. The fraction of sp³-hybridized carbons (Fsp3) is 0.600. The van der Waals surface area contributed by atoms with Crippen LogP contribution in [-0.4, -0.2) is 23.5 Å². The minimum absolute atomic E-state index is 0.167. The zero-order chi connectivity index (χ0) is 15.7. The van der Waals surface area contributed by atoms with Crippen LogP contribution >= 0.6 is 0 Å². The van der Waals surface area contributed by atoms with Crippen molar-refractivity contribution in [3.05, 3.63) is 11.6 Å². The standard InChI is InChI=1S/C10H19N5O5/c1-9(2,3)19-8(17)15-5-4(7(16)20-14)10(12,13)18-6(5)11/h4H,11-14H2,1-3H3,(H,15,17)/t4-/m1/s1. The SMILES string of the molecule is CC(C)(C)OC(=O)NC1=C(N)OC(N)(N)[C@H]1C(=O)ON. The maximum Gasteiger partial charge on any atom is 0.412 e. The molecule has 0 unspecified atom stereocenters. The van der Waals surface area contributed by atoms with E-state index in [0.717, 1.165) is 0 Å². The summed E-state index contributed by atoms with van der Waals surface area (Å²) < 4.78 is 9.93. The van der Waals surface area contributed by atoms with E-state index in [-0.39, 0.29) is 11.6 Å². The summed E-state index contributed by atoms with van der Waals surface area (Å²) in [7, 11) is 0. The Kier molecular flexibility index (Phi) is 4.12. The first kappa shape index (κ1) is 16.0. The molecule has 0 saturated carbocycles. The summed E-state index contributed by atoms with van der Waals surface area (Å²) in [6.07, 6.45) is -0.855. The third kappa shape index (κ3) is 3.50. The molecule has 20 heavy (non-hydrogen) atoms. The number of carbonyl (C=O) groups excluding carboxylic acids is 2. The highest BCUT2D eigenvalue weighted by Crippen LogP contribution is 2.30. The van der Waals surface area contributed by atoms with E-state index in [1.807, 2.05) is 0 Å². The van der Waals surface area contributed by atoms with Gasteiger partial charge in [-0.05, 0) is 20.8 Å². The van der Waals surface area contributed by atoms with Crippen molar-refractivity contribution >= 4 is 12.1 Å². The topological polar surface area (TPSA) is 178 Å². The Hall–Kier alpha value is -2.04. The maximum atomic E-state index is 11.7. The van der Waals surface area contributed by atoms with Crippen LogP contribution in [0.1, 0.15) is 20.8 Å². The summed E-state index contributed by atoms with van der Waals surface area (Å²) in [5.74, 6) is 0.0841. The fourth-order valence-corrected chi connectivity index (χ4v) is 1.59. The van der Waals surface area contributed by atoms with E-state index >= 15 is 0 Å². The smallest absolute Gasteiger partial charge is 0.412 e. The van der Waals surface area contributed by atoms with Gasteiger partial charge in [0.25, 0.3) is 0 Å². The van der Waals surface area contributed by atoms with E-state index in [1.165, 1.54) is 0 Å². The molecule has 0 spiro atoms. The van der Waals surface area contributed by atoms with Crippen molar-refractivity contribution in [2.75, 3.05) is 0 Å². The number of nitrogens with one attached hydrogen (secondary N) is 1. The average molecular weight is 289 g/mol. The molecular formula is C10H19N5O5. The van der Waals surface area contributed by atoms with Gasteiger partial charge in [-0.25, -0.2) is 9.59 Å². The lowest BCUT2D eigenvalue weighted by atomic mass is 10.0. The van der Waals surface area contributed by atoms with Crippen LogP contribution in [0.25, 0.3) is 0 Å². The van der Waals surface area contributed by atoms with Gasteiger partial charge in [0.15, 0.2) is 5.92 Å². The van der Waals surface area contributed by atoms with Crippen molar-refractivity contribution in [3.63, 3.8) is 0 Å². The summed E-state index contributed by atoms with van der Waals surface area (Å²) in [6, 6.07) is 0. The molecule has 1 aliphatic heterocycles. The van der Waals surface area contributed by atoms with Crippen LogP contribution in [0.5, 0.6) is 0 Å². The molecule has 0 aromatic heterocycles. The molecule has 0 aromatic rings. The second kappa shape index (κ2) is 5.15. The zero-order valence-electron chi connectivity index (χ0n) is 11.4. The van der Waals surface area contributed by atoms with E-state index in [4.69, 9.17) is 32.6 Å². The first-order valence-electron chi connectivity index (χ1n) is 5.65. The van der Waals surface area contributed by atoms with Gasteiger partial charge in [0.2, 0.25) is 11.7 Å². The Morgan fingerprint density at radius 1 is 1.35 bits per heavy atom. The predicted molar refractivity (Wildman–Crippen MR) is 66.5 cm³/mol. The Morgan fingerprint density at radius 3 is 2.35 bits per heavy atom. The number of alkyl carbamates (subject to hydrolysis) is 1. The summed E-state index contributed by atoms with van der Waals surface area (Å²) in [4.78, 5) is 27.3. The Morgan fingerprint density at radius 2 is 1.90 bits per heavy atom. The van der Waals surface area contributed by atoms with Crippen LogP contribution in [0.15, 0.2) is 11.6 Å². The number of carbonyl (C=O) groups is 2. The molecule has 1 amide bonds. The minimum atomic E-state index is -1.98. The van der Waals surface area contributed by atoms with E-state index < -0.39 is 29.4 Å². The minimum Gasteiger partial charge on any atom is -0.444 e. The van der Waals surface area contributed by atoms with Gasteiger partial charge >= 0.3 is 12.1 Å². The summed E-state index contributed by atoms with van der Waals surface area (Å²) in [6.45, 7) is 4.99. The highest BCUT2D eigenvalue weighted by Gasteiger charge is 2.51. The average Bonchev–Trinajstić information content (AvgIpc) is 2.45. The Bertz CT molecular complexity index is 453. The lowest BCUT2D eigenvalue weighted by Gasteiger charge is -2.25. The molecule has 114 valence electrons. The molecule has 0 radical (unpaired) electrons. The summed E-state index contributed by atoms with van der Waals surface area (Å²) in [5.41, 5.74) is 15.8. The van der Waals surface area contributed by atoms with Crippen LogP contribution in [0.3, 0.4) is 0 Å². The lowest BCUT2D eigenvalue weighted by molar-refractivity contribution is -0.154. The van der Waals surface area contributed by atoms with Crippen LogP contribution < -0.4 is 28.4 Å². The molecule has 0 saturated heterocycles. The van der Waals surface area contributed by atoms with Crippen LogP contribution in [-0.2, 0) is 19.1 Å². The van der Waals surface area contributed by atoms with Crippen molar-refractivity contribution in [1.29, 1.82) is 0 Å². The van der Waals surface area contributed by atoms with Crippen LogP contribution in [0.2, 0.25) is 0 Å². The van der Waals surface area contributed by atoms with E-state index in [2.05, 4.69) is 10.2 Å². The molecule has 0 aliphatic carbocycles. The van der Waals surface area contributed by atoms with Crippen molar-refractivity contribution in [1.82, 2.24) is 5.32 Å². The molecule has 1 heterocycles. The van der Waals surface area contributed by atoms with Crippen molar-refractivity contribution in [2.45, 2.75) is 32.2 Å². The summed E-state index contributed by atoms with van der Waals surface area (Å²) >= 11 is 0. The largest absolute Gasteiger partial charge is 0.444 e. The molecule has 1 rings (SSSR count). The van der Waals surface area contributed by atoms with Gasteiger partial charge in [-0.3, -0.25) is 16.8 Å². The molecule has 0 fully saturated rings. The van der Waals surface area contributed by atoms with Gasteiger partial charge in [-0.2, -0.15) is 5.90 Å². The molecule has 0 aromatic carbocycles. The molecule has 1 atom stereocenters. The van der Waals surface area contributed by atoms with E-state index in [1.54, 1.807) is 20.8 Å². The summed E-state index contributed by atoms with van der Waals surface area (Å²) in [5, 5.41) is 2.26. The first-order valence-corrected chi connectivity index (χ1v) is 5.65. The molecule has 10 heteroatoms. The molecular weight excluding hydrogens is 270 g/mol. The van der Waals surface area contributed by atoms with Gasteiger partial charge in [-0.15, -0.1) is 0 Å². The normalized spacial score (nSPS) is 21.2. The first-order chi connectivity index (χ1) is 8.98. The second-order valence-electron chi connectivity index (χ2n) is 5.23. The van der Waals surface area contributed by atoms with Crippen molar-refractivity contribution in [3.8, 4) is 0 Å². The molecule has 9 N–H and O–H groups in total. The zero-order valence-corrected chi connectivity index (χ0v) is 11.4. The number of ether oxygens (including phenoxy) is 2. The number of nitrogens with two attached hydrogens (primary N) is 4. The monoisotopic (exact) mass is 289 g/mol. The van der Waals surface area contributed by atoms with Gasteiger partial charge in [-0.1, -0.05) is 0 Å². The van der Waals surface area contributed by atoms with Crippen LogP contribution in [0, 0.1) is 5.92 Å².